The standard InChI is InChI=1S/C2H5BO3S/c4-3(5)6-1-2-7/h1-2,4-5,7H. The monoisotopic (exact) mass is 120 g/mol. The SMILES string of the molecule is OB(O)OC=CS. The highest BCUT2D eigenvalue weighted by atomic mass is 32.1. The highest BCUT2D eigenvalue weighted by molar-refractivity contribution is 7.83. The predicted octanol–water partition coefficient (Wildman–Crippen LogP) is -0.627. The Morgan fingerprint density at radius 3 is 2.29 bits per heavy atom. The fourth-order valence-corrected chi connectivity index (χ4v) is 0.176. The Labute approximate surface area is 47.2 Å². The van der Waals surface area contributed by atoms with Gasteiger partial charge in [0.15, 0.2) is 0 Å². The largest absolute Gasteiger partial charge is 0.707 e. The topological polar surface area (TPSA) is 49.7 Å². The molecule has 0 amide bonds. The highest BCUT2D eigenvalue weighted by Gasteiger charge is 2.04. The summed E-state index contributed by atoms with van der Waals surface area (Å²) in [6.45, 7) is 0. The number of rotatable bonds is 2. The molecule has 0 atom stereocenters. The third kappa shape index (κ3) is 5.87. The zero-order chi connectivity index (χ0) is 5.70. The van der Waals surface area contributed by atoms with Crippen LogP contribution in [0.25, 0.3) is 0 Å². The fourth-order valence-electron chi connectivity index (χ4n) is 0.105. The Morgan fingerprint density at radius 2 is 2.14 bits per heavy atom. The molecule has 0 saturated carbocycles. The normalized spacial score (nSPS) is 9.57. The van der Waals surface area contributed by atoms with E-state index in [1.165, 1.54) is 5.41 Å². The van der Waals surface area contributed by atoms with Gasteiger partial charge in [0.1, 0.15) is 0 Å². The first-order valence-corrected chi connectivity index (χ1v) is 2.10. The molecule has 7 heavy (non-hydrogen) atoms. The quantitative estimate of drug-likeness (QED) is 0.258. The lowest BCUT2D eigenvalue weighted by molar-refractivity contribution is 0.258. The minimum absolute atomic E-state index is 1.06. The maximum atomic E-state index is 7.93. The summed E-state index contributed by atoms with van der Waals surface area (Å²) in [5.41, 5.74) is 0. The van der Waals surface area contributed by atoms with E-state index in [0.29, 0.717) is 0 Å². The first-order valence-electron chi connectivity index (χ1n) is 1.58. The van der Waals surface area contributed by atoms with Gasteiger partial charge in [-0.1, -0.05) is 0 Å². The molecule has 0 aromatic heterocycles. The molecule has 0 aromatic carbocycles. The van der Waals surface area contributed by atoms with Crippen molar-refractivity contribution in [3.05, 3.63) is 11.7 Å². The van der Waals surface area contributed by atoms with E-state index in [-0.39, 0.29) is 0 Å². The first kappa shape index (κ1) is 6.87. The lowest BCUT2D eigenvalue weighted by atomic mass is 10.3. The molecule has 0 saturated heterocycles. The lowest BCUT2D eigenvalue weighted by Gasteiger charge is -1.91. The van der Waals surface area contributed by atoms with E-state index in [9.17, 15) is 0 Å². The molecule has 0 spiro atoms. The van der Waals surface area contributed by atoms with Crippen molar-refractivity contribution < 1.29 is 14.7 Å². The minimum Gasteiger partial charge on any atom is -0.518 e. The molecule has 0 aliphatic heterocycles. The van der Waals surface area contributed by atoms with Gasteiger partial charge in [-0.05, 0) is 0 Å². The van der Waals surface area contributed by atoms with E-state index >= 15 is 0 Å². The third-order valence-corrected chi connectivity index (χ3v) is 0.383. The van der Waals surface area contributed by atoms with Gasteiger partial charge in [0.05, 0.1) is 6.26 Å². The van der Waals surface area contributed by atoms with Crippen molar-refractivity contribution >= 4 is 20.0 Å². The molecule has 0 heterocycles. The summed E-state index contributed by atoms with van der Waals surface area (Å²) in [5.74, 6) is 0. The zero-order valence-corrected chi connectivity index (χ0v) is 4.38. The fraction of sp³-hybridized carbons (Fsp3) is 0. The van der Waals surface area contributed by atoms with Gasteiger partial charge in [-0.2, -0.15) is 0 Å². The summed E-state index contributed by atoms with van der Waals surface area (Å²) in [5, 5.41) is 17.1. The van der Waals surface area contributed by atoms with Crippen LogP contribution in [0.3, 0.4) is 0 Å². The Balaban J connectivity index is 2.97. The summed E-state index contributed by atoms with van der Waals surface area (Å²) < 4.78 is 4.05. The zero-order valence-electron chi connectivity index (χ0n) is 3.48. The molecule has 0 unspecified atom stereocenters. The second-order valence-electron chi connectivity index (χ2n) is 0.748. The average molecular weight is 120 g/mol. The van der Waals surface area contributed by atoms with Gasteiger partial charge in [0.25, 0.3) is 0 Å². The Kier molecular flexibility index (Phi) is 3.97. The van der Waals surface area contributed by atoms with E-state index < -0.39 is 7.32 Å². The van der Waals surface area contributed by atoms with Gasteiger partial charge in [-0.15, -0.1) is 12.6 Å². The number of thiol groups is 1. The van der Waals surface area contributed by atoms with Crippen LogP contribution >= 0.6 is 12.6 Å². The summed E-state index contributed by atoms with van der Waals surface area (Å²) in [4.78, 5) is 0. The van der Waals surface area contributed by atoms with Crippen LogP contribution in [-0.4, -0.2) is 17.4 Å². The molecule has 0 aromatic rings. The van der Waals surface area contributed by atoms with E-state index in [0.717, 1.165) is 6.26 Å². The van der Waals surface area contributed by atoms with Crippen molar-refractivity contribution in [2.45, 2.75) is 0 Å². The molecular formula is C2H5BO3S. The smallest absolute Gasteiger partial charge is 0.518 e. The molecule has 0 rings (SSSR count). The molecule has 0 aliphatic rings. The van der Waals surface area contributed by atoms with Gasteiger partial charge in [0, 0.05) is 5.41 Å². The van der Waals surface area contributed by atoms with Crippen LogP contribution in [0.1, 0.15) is 0 Å². The minimum atomic E-state index is -1.73. The Morgan fingerprint density at radius 1 is 1.57 bits per heavy atom. The summed E-state index contributed by atoms with van der Waals surface area (Å²) in [7, 11) is -1.73. The van der Waals surface area contributed by atoms with Gasteiger partial charge in [-0.3, -0.25) is 0 Å². The van der Waals surface area contributed by atoms with E-state index in [4.69, 9.17) is 10.0 Å². The maximum Gasteiger partial charge on any atom is 0.707 e. The molecule has 3 nitrogen and oxygen atoms in total. The number of hydrogen-bond donors (Lipinski definition) is 3. The highest BCUT2D eigenvalue weighted by Crippen LogP contribution is 1.79. The van der Waals surface area contributed by atoms with Crippen LogP contribution in [0.5, 0.6) is 0 Å². The lowest BCUT2D eigenvalue weighted by Crippen LogP contribution is -2.12. The van der Waals surface area contributed by atoms with Gasteiger partial charge in [0.2, 0.25) is 0 Å². The van der Waals surface area contributed by atoms with Crippen molar-refractivity contribution in [3.8, 4) is 0 Å². The number of hydrogen-bond acceptors (Lipinski definition) is 4. The van der Waals surface area contributed by atoms with E-state index in [1.54, 1.807) is 0 Å². The molecule has 0 aliphatic carbocycles. The molecule has 0 radical (unpaired) electrons. The Bertz CT molecular complexity index is 64.0. The van der Waals surface area contributed by atoms with Crippen molar-refractivity contribution in [3.63, 3.8) is 0 Å². The van der Waals surface area contributed by atoms with Gasteiger partial charge < -0.3 is 14.7 Å². The van der Waals surface area contributed by atoms with Crippen molar-refractivity contribution in [2.75, 3.05) is 0 Å². The second-order valence-corrected chi connectivity index (χ2v) is 1.05. The summed E-state index contributed by atoms with van der Waals surface area (Å²) in [6.07, 6.45) is 1.06. The van der Waals surface area contributed by atoms with E-state index in [2.05, 4.69) is 17.3 Å². The first-order chi connectivity index (χ1) is 3.27. The molecular weight excluding hydrogens is 115 g/mol. The van der Waals surface area contributed by atoms with Crippen LogP contribution in [-0.2, 0) is 4.65 Å². The molecule has 5 heteroatoms. The van der Waals surface area contributed by atoms with Crippen molar-refractivity contribution in [1.82, 2.24) is 0 Å². The van der Waals surface area contributed by atoms with Gasteiger partial charge in [-0.25, -0.2) is 0 Å². The second kappa shape index (κ2) is 4.05. The Hall–Kier alpha value is -0.125. The molecule has 0 fully saturated rings. The van der Waals surface area contributed by atoms with Gasteiger partial charge >= 0.3 is 7.32 Å². The van der Waals surface area contributed by atoms with Crippen molar-refractivity contribution in [2.24, 2.45) is 0 Å². The third-order valence-electron chi connectivity index (χ3n) is 0.261. The molecule has 0 bridgehead atoms. The van der Waals surface area contributed by atoms with Crippen LogP contribution in [0.15, 0.2) is 11.7 Å². The molecule has 40 valence electrons. The summed E-state index contributed by atoms with van der Waals surface area (Å²) >= 11 is 3.57. The predicted molar refractivity (Wildman–Crippen MR) is 29.4 cm³/mol. The van der Waals surface area contributed by atoms with Crippen LogP contribution in [0.2, 0.25) is 0 Å². The van der Waals surface area contributed by atoms with Crippen LogP contribution < -0.4 is 0 Å². The average Bonchev–Trinajstić information content (AvgIpc) is 1.61. The summed E-state index contributed by atoms with van der Waals surface area (Å²) in [6, 6.07) is 0. The van der Waals surface area contributed by atoms with Crippen LogP contribution in [0.4, 0.5) is 0 Å². The molecule has 2 N–H and O–H groups in total. The van der Waals surface area contributed by atoms with Crippen LogP contribution in [0, 0.1) is 0 Å². The maximum absolute atomic E-state index is 7.93. The van der Waals surface area contributed by atoms with Crippen molar-refractivity contribution in [1.29, 1.82) is 0 Å². The van der Waals surface area contributed by atoms with E-state index in [1.807, 2.05) is 0 Å².